The molecule has 1 aromatic carbocycles. The molecule has 0 amide bonds. The molecule has 0 spiro atoms. The van der Waals surface area contributed by atoms with E-state index in [0.717, 1.165) is 29.9 Å². The minimum absolute atomic E-state index is 0.0528. The van der Waals surface area contributed by atoms with Crippen molar-refractivity contribution in [3.05, 3.63) is 30.3 Å². The van der Waals surface area contributed by atoms with E-state index < -0.39 is 11.2 Å². The van der Waals surface area contributed by atoms with Crippen LogP contribution in [0.3, 0.4) is 0 Å². The van der Waals surface area contributed by atoms with Crippen LogP contribution in [-0.4, -0.2) is 29.8 Å². The Hall–Kier alpha value is -0.550. The predicted molar refractivity (Wildman–Crippen MR) is 74.2 cm³/mol. The van der Waals surface area contributed by atoms with Gasteiger partial charge in [0.1, 0.15) is 5.75 Å². The van der Waals surface area contributed by atoms with Crippen molar-refractivity contribution in [3.63, 3.8) is 0 Å². The molecule has 1 aliphatic heterocycles. The average Bonchev–Trinajstić information content (AvgIpc) is 3.01. The van der Waals surface area contributed by atoms with Gasteiger partial charge in [-0.25, -0.2) is 0 Å². The van der Waals surface area contributed by atoms with Gasteiger partial charge in [-0.05, 0) is 42.1 Å². The summed E-state index contributed by atoms with van der Waals surface area (Å²) in [6, 6.07) is 9.76. The van der Waals surface area contributed by atoms with Crippen molar-refractivity contribution in [2.45, 2.75) is 36.6 Å². The summed E-state index contributed by atoms with van der Waals surface area (Å²) in [5.74, 6) is 1.79. The lowest BCUT2D eigenvalue weighted by molar-refractivity contribution is -0.114. The van der Waals surface area contributed by atoms with E-state index in [2.05, 4.69) is 0 Å². The first kappa shape index (κ1) is 13.4. The molecule has 3 nitrogen and oxygen atoms in total. The summed E-state index contributed by atoms with van der Waals surface area (Å²) in [4.78, 5) is 0.938. The van der Waals surface area contributed by atoms with Crippen molar-refractivity contribution in [1.82, 2.24) is 0 Å². The third kappa shape index (κ3) is 2.82. The Morgan fingerprint density at radius 3 is 2.84 bits per heavy atom. The predicted octanol–water partition coefficient (Wildman–Crippen LogP) is 2.58. The van der Waals surface area contributed by atoms with Crippen molar-refractivity contribution in [2.75, 3.05) is 12.9 Å². The molecule has 5 atom stereocenters. The maximum Gasteiger partial charge on any atom is 0.157 e. The van der Waals surface area contributed by atoms with E-state index in [4.69, 9.17) is 9.47 Å². The fraction of sp³-hybridized carbons (Fsp3) is 0.600. The number of rotatable bonds is 4. The van der Waals surface area contributed by atoms with E-state index in [0.29, 0.717) is 17.9 Å². The van der Waals surface area contributed by atoms with Gasteiger partial charge in [-0.15, -0.1) is 0 Å². The van der Waals surface area contributed by atoms with Gasteiger partial charge in [0.15, 0.2) is 11.2 Å². The Kier molecular flexibility index (Phi) is 4.12. The number of fused-ring (bicyclic) bond motifs is 1. The van der Waals surface area contributed by atoms with Crippen molar-refractivity contribution >= 4 is 11.2 Å². The molecule has 1 aliphatic carbocycles. The number of hydrogen-bond acceptors (Lipinski definition) is 3. The SMILES string of the molecule is COC1CC2C(C[S+]([O-])c3ccccc3)CCC2O1. The number of benzene rings is 1. The lowest BCUT2D eigenvalue weighted by Crippen LogP contribution is -2.22. The van der Waals surface area contributed by atoms with Crippen LogP contribution in [0, 0.1) is 11.8 Å². The van der Waals surface area contributed by atoms with Crippen molar-refractivity contribution < 1.29 is 14.0 Å². The normalized spacial score (nSPS) is 35.3. The minimum atomic E-state index is -0.892. The van der Waals surface area contributed by atoms with Crippen LogP contribution in [0.2, 0.25) is 0 Å². The molecule has 0 N–H and O–H groups in total. The summed E-state index contributed by atoms with van der Waals surface area (Å²) in [6.07, 6.45) is 3.44. The first-order valence-corrected chi connectivity index (χ1v) is 8.21. The number of ether oxygens (including phenoxy) is 2. The van der Waals surface area contributed by atoms with Crippen LogP contribution >= 0.6 is 0 Å². The van der Waals surface area contributed by atoms with Gasteiger partial charge in [0, 0.05) is 19.4 Å². The second-order valence-electron chi connectivity index (χ2n) is 5.40. The van der Waals surface area contributed by atoms with Crippen molar-refractivity contribution in [2.24, 2.45) is 11.8 Å². The third-order valence-electron chi connectivity index (χ3n) is 4.33. The van der Waals surface area contributed by atoms with E-state index in [1.165, 1.54) is 0 Å². The fourth-order valence-electron chi connectivity index (χ4n) is 3.32. The first-order valence-electron chi connectivity index (χ1n) is 6.89. The highest BCUT2D eigenvalue weighted by molar-refractivity contribution is 7.91. The largest absolute Gasteiger partial charge is 0.611 e. The van der Waals surface area contributed by atoms with Crippen LogP contribution in [0.4, 0.5) is 0 Å². The van der Waals surface area contributed by atoms with Gasteiger partial charge in [-0.1, -0.05) is 18.2 Å². The zero-order valence-corrected chi connectivity index (χ0v) is 12.0. The highest BCUT2D eigenvalue weighted by Crippen LogP contribution is 2.44. The summed E-state index contributed by atoms with van der Waals surface area (Å²) in [5, 5.41) is 0. The molecule has 19 heavy (non-hydrogen) atoms. The standard InChI is InChI=1S/C15H20O3S/c1-17-15-9-13-11(7-8-14(13)18-15)10-19(16)12-5-3-2-4-6-12/h2-6,11,13-15H,7-10H2,1H3. The van der Waals surface area contributed by atoms with Gasteiger partial charge >= 0.3 is 0 Å². The van der Waals surface area contributed by atoms with Crippen LogP contribution in [0.5, 0.6) is 0 Å². The maximum absolute atomic E-state index is 12.4. The molecule has 1 aromatic rings. The van der Waals surface area contributed by atoms with Crippen molar-refractivity contribution in [1.29, 1.82) is 0 Å². The second-order valence-corrected chi connectivity index (χ2v) is 6.90. The first-order chi connectivity index (χ1) is 9.28. The summed E-state index contributed by atoms with van der Waals surface area (Å²) < 4.78 is 23.5. The molecule has 0 radical (unpaired) electrons. The van der Waals surface area contributed by atoms with E-state index in [-0.39, 0.29) is 6.29 Å². The molecule has 1 saturated heterocycles. The molecule has 5 unspecified atom stereocenters. The van der Waals surface area contributed by atoms with E-state index >= 15 is 0 Å². The molecular weight excluding hydrogens is 260 g/mol. The van der Waals surface area contributed by atoms with Gasteiger partial charge in [-0.3, -0.25) is 0 Å². The average molecular weight is 280 g/mol. The number of hydrogen-bond donors (Lipinski definition) is 0. The van der Waals surface area contributed by atoms with Gasteiger partial charge in [0.05, 0.1) is 6.10 Å². The molecule has 104 valence electrons. The molecule has 3 rings (SSSR count). The van der Waals surface area contributed by atoms with Crippen LogP contribution in [-0.2, 0) is 20.6 Å². The Morgan fingerprint density at radius 2 is 2.11 bits per heavy atom. The summed E-state index contributed by atoms with van der Waals surface area (Å²) in [6.45, 7) is 0. The van der Waals surface area contributed by atoms with Gasteiger partial charge in [0.25, 0.3) is 0 Å². The Morgan fingerprint density at radius 1 is 1.32 bits per heavy atom. The topological polar surface area (TPSA) is 41.5 Å². The minimum Gasteiger partial charge on any atom is -0.611 e. The molecule has 1 heterocycles. The maximum atomic E-state index is 12.4. The highest BCUT2D eigenvalue weighted by Gasteiger charge is 2.46. The Bertz CT molecular complexity index is 411. The second kappa shape index (κ2) is 5.83. The van der Waals surface area contributed by atoms with Gasteiger partial charge < -0.3 is 14.0 Å². The third-order valence-corrected chi connectivity index (χ3v) is 5.86. The van der Waals surface area contributed by atoms with Gasteiger partial charge in [-0.2, -0.15) is 0 Å². The summed E-state index contributed by atoms with van der Waals surface area (Å²) in [7, 11) is 1.70. The van der Waals surface area contributed by atoms with Crippen LogP contribution in [0.15, 0.2) is 35.2 Å². The lowest BCUT2D eigenvalue weighted by atomic mass is 9.95. The number of methoxy groups -OCH3 is 1. The fourth-order valence-corrected chi connectivity index (χ4v) is 4.77. The zero-order chi connectivity index (χ0) is 13.2. The van der Waals surface area contributed by atoms with E-state index in [1.807, 2.05) is 30.3 Å². The Balaban J connectivity index is 1.61. The molecule has 1 saturated carbocycles. The molecular formula is C15H20O3S. The summed E-state index contributed by atoms with van der Waals surface area (Å²) in [5.41, 5.74) is 0. The van der Waals surface area contributed by atoms with Gasteiger partial charge in [0.2, 0.25) is 0 Å². The summed E-state index contributed by atoms with van der Waals surface area (Å²) >= 11 is -0.892. The monoisotopic (exact) mass is 280 g/mol. The molecule has 4 heteroatoms. The van der Waals surface area contributed by atoms with E-state index in [9.17, 15) is 4.55 Å². The van der Waals surface area contributed by atoms with Crippen LogP contribution in [0.1, 0.15) is 19.3 Å². The lowest BCUT2D eigenvalue weighted by Gasteiger charge is -2.19. The van der Waals surface area contributed by atoms with Crippen LogP contribution < -0.4 is 0 Å². The van der Waals surface area contributed by atoms with Crippen molar-refractivity contribution in [3.8, 4) is 0 Å². The molecule has 0 aromatic heterocycles. The Labute approximate surface area is 117 Å². The van der Waals surface area contributed by atoms with Crippen LogP contribution in [0.25, 0.3) is 0 Å². The smallest absolute Gasteiger partial charge is 0.157 e. The molecule has 0 bridgehead atoms. The quantitative estimate of drug-likeness (QED) is 0.796. The molecule has 2 fully saturated rings. The van der Waals surface area contributed by atoms with E-state index in [1.54, 1.807) is 7.11 Å². The highest BCUT2D eigenvalue weighted by atomic mass is 32.2. The zero-order valence-electron chi connectivity index (χ0n) is 11.2. The molecule has 2 aliphatic rings.